The van der Waals surface area contributed by atoms with Crippen molar-refractivity contribution in [3.05, 3.63) is 88.7 Å². The fourth-order valence-corrected chi connectivity index (χ4v) is 3.83. The van der Waals surface area contributed by atoms with Crippen LogP contribution in [0.1, 0.15) is 17.2 Å². The van der Waals surface area contributed by atoms with E-state index >= 15 is 0 Å². The predicted molar refractivity (Wildman–Crippen MR) is 108 cm³/mol. The molecule has 152 valence electrons. The van der Waals surface area contributed by atoms with Gasteiger partial charge in [0.25, 0.3) is 5.91 Å². The molecule has 30 heavy (non-hydrogen) atoms. The van der Waals surface area contributed by atoms with Gasteiger partial charge < -0.3 is 19.1 Å². The molecule has 3 aromatic rings. The third-order valence-electron chi connectivity index (χ3n) is 5.23. The summed E-state index contributed by atoms with van der Waals surface area (Å²) in [5, 5.41) is 0.590. The topological polar surface area (TPSA) is 48.0 Å². The number of β-lactam (4-membered cyclic amide) rings is 1. The first kappa shape index (κ1) is 18.8. The van der Waals surface area contributed by atoms with E-state index in [1.807, 2.05) is 18.2 Å². The highest BCUT2D eigenvalue weighted by Crippen LogP contribution is 2.42. The Balaban J connectivity index is 1.44. The number of hydrogen-bond acceptors (Lipinski definition) is 4. The lowest BCUT2D eigenvalue weighted by Gasteiger charge is -2.46. The molecule has 1 saturated heterocycles. The van der Waals surface area contributed by atoms with E-state index in [4.69, 9.17) is 25.8 Å². The van der Waals surface area contributed by atoms with Gasteiger partial charge in [-0.1, -0.05) is 29.8 Å². The van der Waals surface area contributed by atoms with Crippen LogP contribution in [0.4, 0.5) is 4.39 Å². The van der Waals surface area contributed by atoms with Crippen molar-refractivity contribution in [3.63, 3.8) is 0 Å². The minimum absolute atomic E-state index is 0.142. The van der Waals surface area contributed by atoms with Crippen LogP contribution in [-0.2, 0) is 11.3 Å². The van der Waals surface area contributed by atoms with Crippen molar-refractivity contribution in [2.75, 3.05) is 6.79 Å². The van der Waals surface area contributed by atoms with Crippen molar-refractivity contribution >= 4 is 17.5 Å². The fourth-order valence-electron chi connectivity index (χ4n) is 3.71. The summed E-state index contributed by atoms with van der Waals surface area (Å²) in [7, 11) is 0. The summed E-state index contributed by atoms with van der Waals surface area (Å²) in [6.45, 7) is 0.519. The molecular weight excluding hydrogens is 409 g/mol. The second-order valence-electron chi connectivity index (χ2n) is 7.14. The molecule has 2 aliphatic rings. The quantitative estimate of drug-likeness (QED) is 0.554. The third-order valence-corrected chi connectivity index (χ3v) is 5.48. The zero-order valence-corrected chi connectivity index (χ0v) is 16.5. The molecule has 0 spiro atoms. The number of nitrogens with zero attached hydrogens (tertiary/aromatic N) is 1. The zero-order chi connectivity index (χ0) is 20.7. The molecule has 1 fully saturated rings. The van der Waals surface area contributed by atoms with Crippen LogP contribution in [0.2, 0.25) is 5.02 Å². The highest BCUT2D eigenvalue weighted by atomic mass is 35.5. The molecular formula is C23H17ClFNO4. The maximum absolute atomic E-state index is 13.3. The molecule has 0 saturated carbocycles. The zero-order valence-electron chi connectivity index (χ0n) is 15.8. The van der Waals surface area contributed by atoms with E-state index in [2.05, 4.69) is 0 Å². The van der Waals surface area contributed by atoms with E-state index in [1.54, 1.807) is 41.3 Å². The SMILES string of the molecule is O=C1[C@H](Oc2ccc(Cl)cc2)[C@@H](c2ccc3c(c2)OCO3)N1Cc1ccc(F)cc1. The molecule has 2 aliphatic heterocycles. The Bertz CT molecular complexity index is 1030. The molecule has 1 amide bonds. The van der Waals surface area contributed by atoms with Crippen molar-refractivity contribution < 1.29 is 23.4 Å². The number of likely N-dealkylation sites (tertiary alicyclic amines) is 1. The summed E-state index contributed by atoms with van der Waals surface area (Å²) in [4.78, 5) is 14.7. The van der Waals surface area contributed by atoms with E-state index in [0.29, 0.717) is 28.8 Å². The van der Waals surface area contributed by atoms with E-state index in [1.165, 1.54) is 12.1 Å². The molecule has 5 rings (SSSR count). The molecule has 0 aliphatic carbocycles. The first-order valence-corrected chi connectivity index (χ1v) is 9.83. The van der Waals surface area contributed by atoms with Crippen molar-refractivity contribution in [2.45, 2.75) is 18.7 Å². The smallest absolute Gasteiger partial charge is 0.267 e. The molecule has 0 aromatic heterocycles. The van der Waals surface area contributed by atoms with Crippen LogP contribution in [0.3, 0.4) is 0 Å². The average molecular weight is 426 g/mol. The van der Waals surface area contributed by atoms with Gasteiger partial charge in [-0.15, -0.1) is 0 Å². The van der Waals surface area contributed by atoms with E-state index in [0.717, 1.165) is 11.1 Å². The van der Waals surface area contributed by atoms with Crippen molar-refractivity contribution in [3.8, 4) is 17.2 Å². The van der Waals surface area contributed by atoms with E-state index in [-0.39, 0.29) is 24.6 Å². The van der Waals surface area contributed by atoms with Crippen LogP contribution in [0.5, 0.6) is 17.2 Å². The van der Waals surface area contributed by atoms with Crippen LogP contribution in [0.25, 0.3) is 0 Å². The molecule has 0 N–H and O–H groups in total. The fraction of sp³-hybridized carbons (Fsp3) is 0.174. The van der Waals surface area contributed by atoms with Gasteiger partial charge in [-0.3, -0.25) is 4.79 Å². The number of fused-ring (bicyclic) bond motifs is 1. The van der Waals surface area contributed by atoms with Gasteiger partial charge >= 0.3 is 0 Å². The highest BCUT2D eigenvalue weighted by molar-refractivity contribution is 6.30. The predicted octanol–water partition coefficient (Wildman–Crippen LogP) is 4.74. The number of carbonyl (C=O) groups is 1. The number of amides is 1. The normalized spacial score (nSPS) is 19.5. The minimum Gasteiger partial charge on any atom is -0.478 e. The van der Waals surface area contributed by atoms with Crippen molar-refractivity contribution in [2.24, 2.45) is 0 Å². The number of hydrogen-bond donors (Lipinski definition) is 0. The lowest BCUT2D eigenvalue weighted by atomic mass is 9.89. The molecule has 0 bridgehead atoms. The molecule has 5 nitrogen and oxygen atoms in total. The number of carbonyl (C=O) groups excluding carboxylic acids is 1. The lowest BCUT2D eigenvalue weighted by Crippen LogP contribution is -2.60. The third kappa shape index (κ3) is 3.44. The Hall–Kier alpha value is -3.25. The minimum atomic E-state index is -0.688. The van der Waals surface area contributed by atoms with Gasteiger partial charge in [0.2, 0.25) is 12.9 Å². The number of benzene rings is 3. The standard InChI is InChI=1S/C23H17ClFNO4/c24-16-4-8-18(9-5-16)30-22-21(15-3-10-19-20(11-15)29-13-28-19)26(23(22)27)12-14-1-6-17(25)7-2-14/h1-11,21-22H,12-13H2/t21-,22-/m1/s1. The Morgan fingerprint density at radius 2 is 1.73 bits per heavy atom. The maximum Gasteiger partial charge on any atom is 0.267 e. The molecule has 3 aromatic carbocycles. The Labute approximate surface area is 177 Å². The second-order valence-corrected chi connectivity index (χ2v) is 7.58. The maximum atomic E-state index is 13.3. The van der Waals surface area contributed by atoms with Gasteiger partial charge in [0.1, 0.15) is 17.6 Å². The summed E-state index contributed by atoms with van der Waals surface area (Å²) in [5.74, 6) is 1.41. The molecule has 0 unspecified atom stereocenters. The van der Waals surface area contributed by atoms with Crippen LogP contribution in [-0.4, -0.2) is 23.7 Å². The van der Waals surface area contributed by atoms with Crippen LogP contribution >= 0.6 is 11.6 Å². The highest BCUT2D eigenvalue weighted by Gasteiger charge is 2.50. The first-order chi connectivity index (χ1) is 14.6. The summed E-state index contributed by atoms with van der Waals surface area (Å²) in [6, 6.07) is 18.3. The summed E-state index contributed by atoms with van der Waals surface area (Å²) < 4.78 is 30.2. The van der Waals surface area contributed by atoms with Gasteiger partial charge in [0.15, 0.2) is 11.5 Å². The van der Waals surface area contributed by atoms with E-state index < -0.39 is 6.10 Å². The van der Waals surface area contributed by atoms with Crippen LogP contribution in [0.15, 0.2) is 66.7 Å². The number of ether oxygens (including phenoxy) is 3. The van der Waals surface area contributed by atoms with Gasteiger partial charge in [0.05, 0.1) is 0 Å². The van der Waals surface area contributed by atoms with Gasteiger partial charge in [-0.2, -0.15) is 0 Å². The summed E-state index contributed by atoms with van der Waals surface area (Å²) in [5.41, 5.74) is 1.71. The monoisotopic (exact) mass is 425 g/mol. The first-order valence-electron chi connectivity index (χ1n) is 9.45. The summed E-state index contributed by atoms with van der Waals surface area (Å²) >= 11 is 5.94. The van der Waals surface area contributed by atoms with Crippen LogP contribution in [0, 0.1) is 5.82 Å². The average Bonchev–Trinajstić information content (AvgIpc) is 3.23. The molecule has 2 atom stereocenters. The lowest BCUT2D eigenvalue weighted by molar-refractivity contribution is -0.165. The Morgan fingerprint density at radius 3 is 2.50 bits per heavy atom. The molecule has 2 heterocycles. The second kappa shape index (κ2) is 7.54. The van der Waals surface area contributed by atoms with Crippen molar-refractivity contribution in [1.82, 2.24) is 4.90 Å². The van der Waals surface area contributed by atoms with Gasteiger partial charge in [-0.25, -0.2) is 4.39 Å². The number of halogens is 2. The Morgan fingerprint density at radius 1 is 1.00 bits per heavy atom. The van der Waals surface area contributed by atoms with Crippen LogP contribution < -0.4 is 14.2 Å². The largest absolute Gasteiger partial charge is 0.478 e. The molecule has 7 heteroatoms. The van der Waals surface area contributed by atoms with Gasteiger partial charge in [0, 0.05) is 11.6 Å². The van der Waals surface area contributed by atoms with Gasteiger partial charge in [-0.05, 0) is 59.7 Å². The Kier molecular flexibility index (Phi) is 4.71. The number of rotatable bonds is 5. The summed E-state index contributed by atoms with van der Waals surface area (Å²) in [6.07, 6.45) is -0.688. The molecule has 0 radical (unpaired) electrons. The van der Waals surface area contributed by atoms with E-state index in [9.17, 15) is 9.18 Å². The van der Waals surface area contributed by atoms with Crippen molar-refractivity contribution in [1.29, 1.82) is 0 Å².